The lowest BCUT2D eigenvalue weighted by molar-refractivity contribution is -0.133. The third kappa shape index (κ3) is 20.3. The van der Waals surface area contributed by atoms with E-state index in [1.165, 1.54) is 43.9 Å². The summed E-state index contributed by atoms with van der Waals surface area (Å²) in [4.78, 5) is 78.1. The van der Waals surface area contributed by atoms with Gasteiger partial charge in [-0.1, -0.05) is 30.1 Å². The minimum Gasteiger partial charge on any atom is -0.367 e. The number of aryl methyl sites for hydroxylation is 10. The van der Waals surface area contributed by atoms with Crippen molar-refractivity contribution < 1.29 is 14.4 Å². The van der Waals surface area contributed by atoms with Crippen LogP contribution in [0, 0.1) is 87.4 Å². The number of carbonyl (C=O) groups excluding carboxylic acids is 3. The molecule has 20 rings (SSSR count). The van der Waals surface area contributed by atoms with Crippen LogP contribution >= 0.6 is 23.2 Å². The van der Waals surface area contributed by atoms with Gasteiger partial charge in [0.15, 0.2) is 11.6 Å². The summed E-state index contributed by atoms with van der Waals surface area (Å²) in [6.45, 7) is 23.4. The Hall–Kier alpha value is -12.1. The number of likely N-dealkylation sites (tertiary alicyclic amines) is 3. The number of anilines is 12. The molecule has 0 radical (unpaired) electrons. The largest absolute Gasteiger partial charge is 0.367 e. The standard InChI is InChI=1S/C26H34ClN7O.C25H32ClN7O.C24H28N8O.C21H27N7/c1-4-23(35)34-13-11-26(12-14-34)9-7-18(8-10-26)29-24-21(27)16-28-25(31-24)30-19-5-6-20-17(2)33(3)32-22(20)15-19;1-16-20-5-4-19(14-22(20)31-32(16)3)29-24-27-15-21(26)23(30-24)28-18-6-8-25(9-7-18)10-12-33(13-11-25)17(2)34;1-14-11-26-24(28-18-4-5-20-15(2)31(3)30-21(20)10-18)29-23(14)27-19-8-16-12-32(13-17(16)9-19)22(33)6-7-25;1-12-9-23-21(25-16-4-5-18-13(2)28(3)27-19(18)8-16)26-20(12)24-17-6-14-10-22-11-15(14)7-17/h5-6,15-16,18H,4,7-14H2,1-3H3,(H2,28,29,30,31);4-5,14-15,18H,6-13H2,1-3H3,(H2,27,28,29,30);4-5,10-11,16-17,19H,6,8-9,12-13H2,1-3H3,(H2,26,27,28,29);4-5,8-9,14-15,17,22H,6-7,10-11H2,1-3H3,(H2,23,24,25,26). The molecule has 682 valence electrons. The minimum atomic E-state index is -0.0437. The zero-order chi connectivity index (χ0) is 90.8. The molecule has 34 heteroatoms. The van der Waals surface area contributed by atoms with Crippen LogP contribution in [0.4, 0.5) is 69.8 Å². The summed E-state index contributed by atoms with van der Waals surface area (Å²) in [6.07, 6.45) is 25.5. The van der Waals surface area contributed by atoms with Crippen LogP contribution in [-0.4, -0.2) is 188 Å². The van der Waals surface area contributed by atoms with Crippen LogP contribution in [-0.2, 0) is 42.6 Å². The molecule has 130 heavy (non-hydrogen) atoms. The number of hydrogen-bond donors (Lipinski definition) is 9. The molecular weight excluding hydrogens is 1680 g/mol. The maximum absolute atomic E-state index is 12.0. The van der Waals surface area contributed by atoms with Crippen LogP contribution in [0.5, 0.6) is 0 Å². The molecule has 4 aliphatic carbocycles. The van der Waals surface area contributed by atoms with E-state index in [9.17, 15) is 14.4 Å². The maximum atomic E-state index is 12.0. The highest BCUT2D eigenvalue weighted by Crippen LogP contribution is 2.48. The van der Waals surface area contributed by atoms with Gasteiger partial charge in [0.1, 0.15) is 28.1 Å². The van der Waals surface area contributed by atoms with Gasteiger partial charge in [0.25, 0.3) is 0 Å². The van der Waals surface area contributed by atoms with E-state index in [-0.39, 0.29) is 24.1 Å². The number of carbonyl (C=O) groups is 3. The van der Waals surface area contributed by atoms with E-state index in [2.05, 4.69) is 163 Å². The molecule has 12 heterocycles. The Labute approximate surface area is 768 Å². The summed E-state index contributed by atoms with van der Waals surface area (Å²) in [5.74, 6) is 8.30. The van der Waals surface area contributed by atoms with Gasteiger partial charge in [0.05, 0.1) is 40.5 Å². The fourth-order valence-corrected chi connectivity index (χ4v) is 21.2. The average Bonchev–Trinajstić information content (AvgIpc) is 1.26. The van der Waals surface area contributed by atoms with Crippen molar-refractivity contribution in [3.63, 3.8) is 0 Å². The fourth-order valence-electron chi connectivity index (χ4n) is 20.9. The van der Waals surface area contributed by atoms with Gasteiger partial charge >= 0.3 is 0 Å². The summed E-state index contributed by atoms with van der Waals surface area (Å²) in [6, 6.07) is 27.9. The van der Waals surface area contributed by atoms with Gasteiger partial charge in [-0.25, -0.2) is 19.9 Å². The number of aromatic nitrogens is 16. The second kappa shape index (κ2) is 38.5. The molecule has 12 aromatic rings. The molecule has 8 aromatic heterocycles. The van der Waals surface area contributed by atoms with Crippen LogP contribution in [0.25, 0.3) is 43.6 Å². The number of nitrogens with one attached hydrogen (secondary N) is 9. The Kier molecular flexibility index (Phi) is 26.6. The number of nitriles is 1. The van der Waals surface area contributed by atoms with Crippen LogP contribution < -0.4 is 47.9 Å². The van der Waals surface area contributed by atoms with E-state index in [4.69, 9.17) is 38.4 Å². The highest BCUT2D eigenvalue weighted by molar-refractivity contribution is 6.33. The zero-order valence-corrected chi connectivity index (χ0v) is 78.2. The lowest BCUT2D eigenvalue weighted by Gasteiger charge is -2.46. The van der Waals surface area contributed by atoms with Gasteiger partial charge in [-0.15, -0.1) is 0 Å². The van der Waals surface area contributed by atoms with Crippen LogP contribution in [0.3, 0.4) is 0 Å². The third-order valence-corrected chi connectivity index (χ3v) is 29.7. The van der Waals surface area contributed by atoms with Crippen molar-refractivity contribution >= 4 is 154 Å². The molecule has 4 aliphatic heterocycles. The molecule has 4 aromatic carbocycles. The van der Waals surface area contributed by atoms with Crippen molar-refractivity contribution in [1.29, 1.82) is 5.26 Å². The van der Waals surface area contributed by atoms with Crippen molar-refractivity contribution in [3.8, 4) is 6.07 Å². The second-order valence-electron chi connectivity index (χ2n) is 37.5. The number of halogens is 2. The molecule has 8 fully saturated rings. The van der Waals surface area contributed by atoms with E-state index < -0.39 is 0 Å². The minimum absolute atomic E-state index is 0.0239. The number of benzene rings is 4. The molecule has 4 saturated heterocycles. The summed E-state index contributed by atoms with van der Waals surface area (Å²) in [7, 11) is 7.82. The van der Waals surface area contributed by atoms with Gasteiger partial charge < -0.3 is 62.6 Å². The van der Waals surface area contributed by atoms with Crippen molar-refractivity contribution in [2.24, 2.45) is 62.7 Å². The fraction of sp³-hybridized carbons (Fsp3) is 0.500. The van der Waals surface area contributed by atoms with Crippen LogP contribution in [0.15, 0.2) is 97.6 Å². The van der Waals surface area contributed by atoms with Crippen molar-refractivity contribution in [3.05, 3.63) is 142 Å². The lowest BCUT2D eigenvalue weighted by atomic mass is 9.67. The SMILES string of the molecule is CC(=O)N1CCC2(CCC(Nc3nc(Nc4ccc5c(C)n(C)nc5c4)ncc3Cl)CC2)CC1.CCC(=O)N1CCC2(CCC(Nc3nc(Nc4ccc5c(C)n(C)nc5c4)ncc3Cl)CC2)CC1.Cc1cnc(Nc2ccc3c(C)n(C)nc3c2)nc1NC1CC2CN(C(=O)CC#N)CC2C1.Cc1cnc(Nc2ccc3c(C)n(C)nc3c2)nc1NC1CC2CNCC2C1. The van der Waals surface area contributed by atoms with Gasteiger partial charge in [-0.05, 0) is 265 Å². The van der Waals surface area contributed by atoms with Gasteiger partial charge in [0.2, 0.25) is 41.5 Å². The first-order valence-electron chi connectivity index (χ1n) is 46.1. The lowest BCUT2D eigenvalue weighted by Crippen LogP contribution is -2.45. The van der Waals surface area contributed by atoms with E-state index in [0.29, 0.717) is 98.7 Å². The van der Waals surface area contributed by atoms with E-state index in [0.717, 1.165) is 235 Å². The quantitative estimate of drug-likeness (QED) is 0.0385. The maximum Gasteiger partial charge on any atom is 0.236 e. The van der Waals surface area contributed by atoms with E-state index >= 15 is 0 Å². The van der Waals surface area contributed by atoms with Gasteiger partial charge in [-0.3, -0.25) is 33.1 Å². The Morgan fingerprint density at radius 3 is 1.09 bits per heavy atom. The van der Waals surface area contributed by atoms with Crippen molar-refractivity contribution in [1.82, 2.24) is 99.0 Å². The predicted molar refractivity (Wildman–Crippen MR) is 514 cm³/mol. The highest BCUT2D eigenvalue weighted by atomic mass is 35.5. The topological polar surface area (TPSA) is 367 Å². The predicted octanol–water partition coefficient (Wildman–Crippen LogP) is 16.9. The number of fused-ring (bicyclic) bond motifs is 6. The first-order valence-corrected chi connectivity index (χ1v) is 46.9. The summed E-state index contributed by atoms with van der Waals surface area (Å²) in [5, 5.41) is 63.8. The molecule has 32 nitrogen and oxygen atoms in total. The molecule has 2 spiro atoms. The van der Waals surface area contributed by atoms with Crippen molar-refractivity contribution in [2.45, 2.75) is 195 Å². The van der Waals surface area contributed by atoms with Crippen molar-refractivity contribution in [2.75, 3.05) is 94.9 Å². The first-order chi connectivity index (χ1) is 62.6. The summed E-state index contributed by atoms with van der Waals surface area (Å²) < 4.78 is 7.56. The molecule has 3 amide bonds. The number of piperidine rings is 2. The zero-order valence-electron chi connectivity index (χ0n) is 76.7. The molecule has 4 unspecified atom stereocenters. The Morgan fingerprint density at radius 1 is 0.431 bits per heavy atom. The van der Waals surface area contributed by atoms with Crippen LogP contribution in [0.1, 0.15) is 163 Å². The van der Waals surface area contributed by atoms with E-state index in [1.54, 1.807) is 19.3 Å². The summed E-state index contributed by atoms with van der Waals surface area (Å²) in [5.41, 5.74) is 14.8. The van der Waals surface area contributed by atoms with E-state index in [1.807, 2.05) is 136 Å². The Morgan fingerprint density at radius 2 is 0.754 bits per heavy atom. The third-order valence-electron chi connectivity index (χ3n) is 29.2. The highest BCUT2D eigenvalue weighted by Gasteiger charge is 2.44. The Bertz CT molecular complexity index is 6170. The van der Waals surface area contributed by atoms with Gasteiger partial charge in [-0.2, -0.15) is 45.6 Å². The second-order valence-corrected chi connectivity index (χ2v) is 38.3. The number of rotatable bonds is 18. The normalized spacial score (nSPS) is 20.4. The number of amides is 3. The Balaban J connectivity index is 0.000000122. The van der Waals surface area contributed by atoms with Gasteiger partial charge in [0, 0.05) is 196 Å². The first kappa shape index (κ1) is 89.9. The number of nitrogens with zero attached hydrogens (tertiary/aromatic N) is 20. The molecule has 8 aliphatic rings. The smallest absolute Gasteiger partial charge is 0.236 e. The molecule has 4 saturated carbocycles. The average molecular weight is 1800 g/mol. The molecule has 0 bridgehead atoms. The van der Waals surface area contributed by atoms with Crippen LogP contribution in [0.2, 0.25) is 10.0 Å². The summed E-state index contributed by atoms with van der Waals surface area (Å²) >= 11 is 12.9. The molecular formula is C96H121Cl2N29O3. The number of hydrogen-bond acceptors (Lipinski definition) is 25. The molecule has 4 atom stereocenters. The molecule has 9 N–H and O–H groups in total. The monoisotopic (exact) mass is 1800 g/mol.